The van der Waals surface area contributed by atoms with Crippen molar-refractivity contribution < 1.29 is 14.3 Å². The molecule has 1 fully saturated rings. The molecule has 1 saturated heterocycles. The molecule has 0 atom stereocenters. The monoisotopic (exact) mass is 522 g/mol. The predicted molar refractivity (Wildman–Crippen MR) is 144 cm³/mol. The molecule has 2 N–H and O–H groups in total. The number of amides is 2. The number of nitrogens with zero attached hydrogens (tertiary/aromatic N) is 4. The van der Waals surface area contributed by atoms with Gasteiger partial charge in [0.25, 0.3) is 11.8 Å². The van der Waals surface area contributed by atoms with Crippen molar-refractivity contribution >= 4 is 35.1 Å². The van der Waals surface area contributed by atoms with Crippen LogP contribution in [0, 0.1) is 0 Å². The lowest BCUT2D eigenvalue weighted by Gasteiger charge is -2.32. The number of carbonyl (C=O) groups excluding carboxylic acids is 2. The Morgan fingerprint density at radius 2 is 1.68 bits per heavy atom. The van der Waals surface area contributed by atoms with Crippen molar-refractivity contribution in [3.63, 3.8) is 0 Å². The SMILES string of the molecule is CNC(=O)c1cc(CCc2cnc(Nc3ccc(C(=O)N4CCN(C)CC4)cc3)nc2)c(Cl)c(OC)c1. The molecule has 0 unspecified atom stereocenters. The van der Waals surface area contributed by atoms with Crippen LogP contribution in [0.5, 0.6) is 5.75 Å². The molecule has 2 heterocycles. The van der Waals surface area contributed by atoms with E-state index in [9.17, 15) is 9.59 Å². The third kappa shape index (κ3) is 6.55. The average molecular weight is 523 g/mol. The summed E-state index contributed by atoms with van der Waals surface area (Å²) in [5.41, 5.74) is 3.70. The van der Waals surface area contributed by atoms with Gasteiger partial charge in [-0.3, -0.25) is 9.59 Å². The van der Waals surface area contributed by atoms with Gasteiger partial charge in [-0.1, -0.05) is 11.6 Å². The Morgan fingerprint density at radius 3 is 2.30 bits per heavy atom. The third-order valence-corrected chi connectivity index (χ3v) is 6.82. The number of ether oxygens (including phenoxy) is 1. The van der Waals surface area contributed by atoms with Gasteiger partial charge in [0.15, 0.2) is 0 Å². The number of aryl methyl sites for hydroxylation is 2. The number of nitrogens with one attached hydrogen (secondary N) is 2. The quantitative estimate of drug-likeness (QED) is 0.467. The molecule has 9 nitrogen and oxygen atoms in total. The Kier molecular flexibility index (Phi) is 8.58. The molecular weight excluding hydrogens is 492 g/mol. The fraction of sp³-hybridized carbons (Fsp3) is 0.333. The van der Waals surface area contributed by atoms with Crippen LogP contribution >= 0.6 is 11.6 Å². The lowest BCUT2D eigenvalue weighted by Crippen LogP contribution is -2.47. The van der Waals surface area contributed by atoms with Crippen LogP contribution in [0.2, 0.25) is 5.02 Å². The minimum Gasteiger partial charge on any atom is -0.495 e. The number of carbonyl (C=O) groups is 2. The molecule has 0 radical (unpaired) electrons. The van der Waals surface area contributed by atoms with Gasteiger partial charge in [0.1, 0.15) is 5.75 Å². The molecule has 37 heavy (non-hydrogen) atoms. The van der Waals surface area contributed by atoms with Crippen molar-refractivity contribution in [1.82, 2.24) is 25.1 Å². The molecule has 3 aromatic rings. The highest BCUT2D eigenvalue weighted by Gasteiger charge is 2.20. The molecule has 0 spiro atoms. The standard InChI is InChI=1S/C27H31ClN6O3/c1-29-25(35)21-14-20(24(28)23(15-21)37-3)5-4-18-16-30-27(31-17-18)32-22-8-6-19(7-9-22)26(36)34-12-10-33(2)11-13-34/h6-9,14-17H,4-5,10-13H2,1-3H3,(H,29,35)(H,30,31,32). The van der Waals surface area contributed by atoms with Crippen LogP contribution in [0.25, 0.3) is 0 Å². The fourth-order valence-corrected chi connectivity index (χ4v) is 4.39. The van der Waals surface area contributed by atoms with Gasteiger partial charge >= 0.3 is 0 Å². The summed E-state index contributed by atoms with van der Waals surface area (Å²) in [5, 5.41) is 6.28. The molecule has 1 aliphatic heterocycles. The fourth-order valence-electron chi connectivity index (χ4n) is 4.11. The summed E-state index contributed by atoms with van der Waals surface area (Å²) >= 11 is 6.47. The molecule has 4 rings (SSSR count). The van der Waals surface area contributed by atoms with Crippen LogP contribution in [0.3, 0.4) is 0 Å². The van der Waals surface area contributed by atoms with Crippen molar-refractivity contribution in [2.45, 2.75) is 12.8 Å². The average Bonchev–Trinajstić information content (AvgIpc) is 2.93. The number of hydrogen-bond donors (Lipinski definition) is 2. The molecule has 10 heteroatoms. The van der Waals surface area contributed by atoms with Crippen LogP contribution < -0.4 is 15.4 Å². The van der Waals surface area contributed by atoms with Crippen LogP contribution in [0.4, 0.5) is 11.6 Å². The van der Waals surface area contributed by atoms with Crippen molar-refractivity contribution in [2.75, 3.05) is 52.7 Å². The molecule has 1 aliphatic rings. The maximum Gasteiger partial charge on any atom is 0.253 e. The van der Waals surface area contributed by atoms with Gasteiger partial charge in [0.05, 0.1) is 12.1 Å². The lowest BCUT2D eigenvalue weighted by molar-refractivity contribution is 0.0664. The van der Waals surface area contributed by atoms with E-state index in [1.165, 1.54) is 7.11 Å². The molecule has 1 aromatic heterocycles. The van der Waals surface area contributed by atoms with Crippen molar-refractivity contribution in [2.24, 2.45) is 0 Å². The van der Waals surface area contributed by atoms with Gasteiger partial charge in [-0.05, 0) is 67.4 Å². The third-order valence-electron chi connectivity index (χ3n) is 6.39. The van der Waals surface area contributed by atoms with Gasteiger partial charge in [0.2, 0.25) is 5.95 Å². The van der Waals surface area contributed by atoms with Crippen molar-refractivity contribution in [1.29, 1.82) is 0 Å². The zero-order valence-electron chi connectivity index (χ0n) is 21.3. The van der Waals surface area contributed by atoms with E-state index in [2.05, 4.69) is 32.5 Å². The Balaban J connectivity index is 1.35. The summed E-state index contributed by atoms with van der Waals surface area (Å²) in [7, 11) is 5.17. The molecular formula is C27H31ClN6O3. The largest absolute Gasteiger partial charge is 0.495 e. The van der Waals surface area contributed by atoms with E-state index in [-0.39, 0.29) is 11.8 Å². The summed E-state index contributed by atoms with van der Waals surface area (Å²) < 4.78 is 5.33. The highest BCUT2D eigenvalue weighted by molar-refractivity contribution is 6.33. The first kappa shape index (κ1) is 26.4. The molecule has 2 amide bonds. The van der Waals surface area contributed by atoms with E-state index in [0.717, 1.165) is 43.0 Å². The molecule has 0 saturated carbocycles. The number of halogens is 1. The number of aromatic nitrogens is 2. The normalized spacial score (nSPS) is 13.8. The first-order chi connectivity index (χ1) is 17.9. The molecule has 0 aliphatic carbocycles. The first-order valence-corrected chi connectivity index (χ1v) is 12.5. The van der Waals surface area contributed by atoms with Crippen LogP contribution in [-0.2, 0) is 12.8 Å². The van der Waals surface area contributed by atoms with Crippen LogP contribution in [0.1, 0.15) is 31.8 Å². The summed E-state index contributed by atoms with van der Waals surface area (Å²) in [4.78, 5) is 37.8. The van der Waals surface area contributed by atoms with E-state index in [0.29, 0.717) is 40.7 Å². The number of methoxy groups -OCH3 is 1. The number of anilines is 2. The molecule has 194 valence electrons. The van der Waals surface area contributed by atoms with Gasteiger partial charge in [-0.25, -0.2) is 9.97 Å². The summed E-state index contributed by atoms with van der Waals surface area (Å²) in [6.45, 7) is 3.27. The minimum atomic E-state index is -0.202. The Labute approximate surface area is 221 Å². The zero-order valence-corrected chi connectivity index (χ0v) is 22.0. The minimum absolute atomic E-state index is 0.0545. The van der Waals surface area contributed by atoms with E-state index in [1.807, 2.05) is 29.2 Å². The number of hydrogen-bond acceptors (Lipinski definition) is 7. The Morgan fingerprint density at radius 1 is 1.00 bits per heavy atom. The zero-order chi connectivity index (χ0) is 26.4. The number of benzene rings is 2. The van der Waals surface area contributed by atoms with Gasteiger partial charge in [-0.15, -0.1) is 0 Å². The van der Waals surface area contributed by atoms with Crippen LogP contribution in [0.15, 0.2) is 48.8 Å². The second-order valence-electron chi connectivity index (χ2n) is 8.94. The summed E-state index contributed by atoms with van der Waals surface area (Å²) in [6.07, 6.45) is 4.76. The second-order valence-corrected chi connectivity index (χ2v) is 9.32. The molecule has 2 aromatic carbocycles. The van der Waals surface area contributed by atoms with E-state index < -0.39 is 0 Å². The number of likely N-dealkylation sites (N-methyl/N-ethyl adjacent to an activating group) is 1. The van der Waals surface area contributed by atoms with Crippen molar-refractivity contribution in [3.8, 4) is 5.75 Å². The number of piperazine rings is 1. The highest BCUT2D eigenvalue weighted by Crippen LogP contribution is 2.31. The highest BCUT2D eigenvalue weighted by atomic mass is 35.5. The van der Waals surface area contributed by atoms with Crippen molar-refractivity contribution in [3.05, 3.63) is 76.1 Å². The molecule has 0 bridgehead atoms. The van der Waals surface area contributed by atoms with E-state index in [4.69, 9.17) is 16.3 Å². The lowest BCUT2D eigenvalue weighted by atomic mass is 10.0. The number of rotatable bonds is 8. The Hall–Kier alpha value is -3.69. The van der Waals surface area contributed by atoms with Gasteiger partial charge in [-0.2, -0.15) is 0 Å². The second kappa shape index (κ2) is 12.0. The van der Waals surface area contributed by atoms with Crippen LogP contribution in [-0.4, -0.2) is 79.0 Å². The van der Waals surface area contributed by atoms with Gasteiger partial charge < -0.3 is 25.2 Å². The summed E-state index contributed by atoms with van der Waals surface area (Å²) in [5.74, 6) is 0.776. The topological polar surface area (TPSA) is 99.7 Å². The maximum absolute atomic E-state index is 12.7. The van der Waals surface area contributed by atoms with Gasteiger partial charge in [0, 0.05) is 62.4 Å². The Bertz CT molecular complexity index is 1240. The van der Waals surface area contributed by atoms with E-state index in [1.54, 1.807) is 31.6 Å². The summed E-state index contributed by atoms with van der Waals surface area (Å²) in [6, 6.07) is 10.8. The van der Waals surface area contributed by atoms with E-state index >= 15 is 0 Å². The smallest absolute Gasteiger partial charge is 0.253 e. The maximum atomic E-state index is 12.7. The predicted octanol–water partition coefficient (Wildman–Crippen LogP) is 3.41. The first-order valence-electron chi connectivity index (χ1n) is 12.1.